The van der Waals surface area contributed by atoms with Gasteiger partial charge in [0.25, 0.3) is 0 Å². The van der Waals surface area contributed by atoms with Crippen molar-refractivity contribution in [3.63, 3.8) is 0 Å². The Morgan fingerprint density at radius 2 is 2.44 bits per heavy atom. The number of thiophene rings is 1. The monoisotopic (exact) mass is 300 g/mol. The van der Waals surface area contributed by atoms with Crippen molar-refractivity contribution in [2.24, 2.45) is 0 Å². The fraction of sp³-hybridized carbons (Fsp3) is 0.500. The molecule has 2 aromatic rings. The first-order chi connectivity index (χ1) is 8.72. The predicted molar refractivity (Wildman–Crippen MR) is 76.9 cm³/mol. The van der Waals surface area contributed by atoms with Gasteiger partial charge < -0.3 is 4.74 Å². The maximum Gasteiger partial charge on any atom is 0.224 e. The average Bonchev–Trinajstić information content (AvgIpc) is 2.93. The number of rotatable bonds is 3. The van der Waals surface area contributed by atoms with Crippen molar-refractivity contribution in [1.29, 1.82) is 0 Å². The molecule has 1 aliphatic heterocycles. The zero-order valence-electron chi connectivity index (χ0n) is 9.98. The van der Waals surface area contributed by atoms with Gasteiger partial charge in [0.2, 0.25) is 5.28 Å². The highest BCUT2D eigenvalue weighted by atomic mass is 35.5. The molecular weight excluding hydrogens is 288 g/mol. The first kappa shape index (κ1) is 12.7. The SMILES string of the molecule is Cc1cc2c(SCC3CCCO3)nc(Cl)nc2s1. The quantitative estimate of drug-likeness (QED) is 0.489. The van der Waals surface area contributed by atoms with Gasteiger partial charge in [-0.1, -0.05) is 0 Å². The highest BCUT2D eigenvalue weighted by Gasteiger charge is 2.17. The molecule has 0 saturated carbocycles. The van der Waals surface area contributed by atoms with Crippen LogP contribution in [0.25, 0.3) is 10.2 Å². The number of thioether (sulfide) groups is 1. The molecule has 1 aliphatic rings. The van der Waals surface area contributed by atoms with Crippen LogP contribution in [0.1, 0.15) is 17.7 Å². The van der Waals surface area contributed by atoms with Crippen LogP contribution >= 0.6 is 34.7 Å². The summed E-state index contributed by atoms with van der Waals surface area (Å²) in [6, 6.07) is 2.13. The molecule has 1 unspecified atom stereocenters. The van der Waals surface area contributed by atoms with Crippen molar-refractivity contribution in [2.45, 2.75) is 30.9 Å². The van der Waals surface area contributed by atoms with Crippen LogP contribution in [-0.2, 0) is 4.74 Å². The van der Waals surface area contributed by atoms with Gasteiger partial charge in [0.15, 0.2) is 0 Å². The predicted octanol–water partition coefficient (Wildman–Crippen LogP) is 3.92. The molecule has 3 heterocycles. The third kappa shape index (κ3) is 2.64. The fourth-order valence-corrected chi connectivity index (χ4v) is 4.33. The van der Waals surface area contributed by atoms with Gasteiger partial charge >= 0.3 is 0 Å². The van der Waals surface area contributed by atoms with Crippen LogP contribution in [0.5, 0.6) is 0 Å². The summed E-state index contributed by atoms with van der Waals surface area (Å²) in [7, 11) is 0. The average molecular weight is 301 g/mol. The van der Waals surface area contributed by atoms with Gasteiger partial charge in [-0.3, -0.25) is 0 Å². The largest absolute Gasteiger partial charge is 0.377 e. The second-order valence-electron chi connectivity index (χ2n) is 4.32. The van der Waals surface area contributed by atoms with E-state index in [0.29, 0.717) is 11.4 Å². The maximum absolute atomic E-state index is 5.97. The molecular formula is C12H13ClN2OS2. The molecule has 18 heavy (non-hydrogen) atoms. The summed E-state index contributed by atoms with van der Waals surface area (Å²) in [5.41, 5.74) is 0. The summed E-state index contributed by atoms with van der Waals surface area (Å²) in [6.45, 7) is 2.97. The number of hydrogen-bond acceptors (Lipinski definition) is 5. The van der Waals surface area contributed by atoms with E-state index in [-0.39, 0.29) is 0 Å². The Hall–Kier alpha value is -0.360. The Morgan fingerprint density at radius 3 is 3.22 bits per heavy atom. The Kier molecular flexibility index (Phi) is 3.75. The van der Waals surface area contributed by atoms with Crippen molar-refractivity contribution < 1.29 is 4.74 Å². The minimum absolute atomic E-state index is 0.333. The topological polar surface area (TPSA) is 35.0 Å². The number of aryl methyl sites for hydroxylation is 1. The van der Waals surface area contributed by atoms with E-state index in [2.05, 4.69) is 23.0 Å². The molecule has 0 amide bonds. The Balaban J connectivity index is 1.85. The van der Waals surface area contributed by atoms with Crippen molar-refractivity contribution in [2.75, 3.05) is 12.4 Å². The summed E-state index contributed by atoms with van der Waals surface area (Å²) < 4.78 is 5.63. The lowest BCUT2D eigenvalue weighted by Gasteiger charge is -2.08. The van der Waals surface area contributed by atoms with E-state index in [1.807, 2.05) is 0 Å². The summed E-state index contributed by atoms with van der Waals surface area (Å²) in [5.74, 6) is 0.942. The normalized spacial score (nSPS) is 19.8. The standard InChI is InChI=1S/C12H13ClN2OS2/c1-7-5-9-10(14-12(13)15-11(9)18-7)17-6-8-3-2-4-16-8/h5,8H,2-4,6H2,1H3. The van der Waals surface area contributed by atoms with E-state index >= 15 is 0 Å². The highest BCUT2D eigenvalue weighted by Crippen LogP contribution is 2.33. The number of nitrogens with zero attached hydrogens (tertiary/aromatic N) is 2. The summed E-state index contributed by atoms with van der Waals surface area (Å²) in [5, 5.41) is 2.42. The number of hydrogen-bond donors (Lipinski definition) is 0. The molecule has 1 atom stereocenters. The minimum atomic E-state index is 0.333. The Morgan fingerprint density at radius 1 is 1.56 bits per heavy atom. The van der Waals surface area contributed by atoms with Crippen LogP contribution in [0.15, 0.2) is 11.1 Å². The maximum atomic E-state index is 5.97. The molecule has 1 fully saturated rings. The molecule has 1 saturated heterocycles. The third-order valence-electron chi connectivity index (χ3n) is 2.88. The van der Waals surface area contributed by atoms with Crippen molar-refractivity contribution in [1.82, 2.24) is 9.97 Å². The van der Waals surface area contributed by atoms with E-state index in [1.165, 1.54) is 11.3 Å². The Bertz CT molecular complexity index is 566. The van der Waals surface area contributed by atoms with Gasteiger partial charge in [0, 0.05) is 22.6 Å². The molecule has 0 aromatic carbocycles. The summed E-state index contributed by atoms with van der Waals surface area (Å²) in [4.78, 5) is 10.8. The van der Waals surface area contributed by atoms with E-state index in [9.17, 15) is 0 Å². The number of fused-ring (bicyclic) bond motifs is 1. The Labute approximate surface area is 119 Å². The molecule has 3 nitrogen and oxygen atoms in total. The number of halogens is 1. The number of aromatic nitrogens is 2. The van der Waals surface area contributed by atoms with Crippen LogP contribution in [0.4, 0.5) is 0 Å². The molecule has 6 heteroatoms. The lowest BCUT2D eigenvalue weighted by atomic mass is 10.3. The van der Waals surface area contributed by atoms with Gasteiger partial charge in [-0.15, -0.1) is 23.1 Å². The van der Waals surface area contributed by atoms with Gasteiger partial charge in [-0.2, -0.15) is 0 Å². The molecule has 3 rings (SSSR count). The van der Waals surface area contributed by atoms with Gasteiger partial charge in [-0.05, 0) is 37.4 Å². The lowest BCUT2D eigenvalue weighted by molar-refractivity contribution is 0.129. The first-order valence-electron chi connectivity index (χ1n) is 5.90. The second-order valence-corrected chi connectivity index (χ2v) is 6.90. The van der Waals surface area contributed by atoms with Crippen molar-refractivity contribution >= 4 is 44.9 Å². The van der Waals surface area contributed by atoms with E-state index in [4.69, 9.17) is 16.3 Å². The second kappa shape index (κ2) is 5.33. The van der Waals surface area contributed by atoms with Crippen LogP contribution in [0, 0.1) is 6.92 Å². The van der Waals surface area contributed by atoms with E-state index < -0.39 is 0 Å². The summed E-state index contributed by atoms with van der Waals surface area (Å²) >= 11 is 9.35. The van der Waals surface area contributed by atoms with Gasteiger partial charge in [-0.25, -0.2) is 9.97 Å². The minimum Gasteiger partial charge on any atom is -0.377 e. The smallest absolute Gasteiger partial charge is 0.224 e. The van der Waals surface area contributed by atoms with E-state index in [0.717, 1.165) is 34.0 Å². The third-order valence-corrected chi connectivity index (χ3v) is 5.12. The molecule has 2 aromatic heterocycles. The highest BCUT2D eigenvalue weighted by molar-refractivity contribution is 7.99. The first-order valence-corrected chi connectivity index (χ1v) is 8.08. The molecule has 0 aliphatic carbocycles. The molecule has 0 spiro atoms. The summed E-state index contributed by atoms with van der Waals surface area (Å²) in [6.07, 6.45) is 2.68. The molecule has 0 radical (unpaired) electrons. The van der Waals surface area contributed by atoms with E-state index in [1.54, 1.807) is 23.1 Å². The number of ether oxygens (including phenoxy) is 1. The van der Waals surface area contributed by atoms with Gasteiger partial charge in [0.05, 0.1) is 6.10 Å². The zero-order valence-corrected chi connectivity index (χ0v) is 12.4. The molecule has 96 valence electrons. The van der Waals surface area contributed by atoms with Crippen molar-refractivity contribution in [3.8, 4) is 0 Å². The molecule has 0 bridgehead atoms. The van der Waals surface area contributed by atoms with Crippen LogP contribution in [0.3, 0.4) is 0 Å². The van der Waals surface area contributed by atoms with Gasteiger partial charge in [0.1, 0.15) is 9.86 Å². The lowest BCUT2D eigenvalue weighted by Crippen LogP contribution is -2.08. The van der Waals surface area contributed by atoms with Crippen LogP contribution < -0.4 is 0 Å². The molecule has 0 N–H and O–H groups in total. The van der Waals surface area contributed by atoms with Crippen LogP contribution in [-0.4, -0.2) is 28.4 Å². The van der Waals surface area contributed by atoms with Crippen LogP contribution in [0.2, 0.25) is 5.28 Å². The van der Waals surface area contributed by atoms with Crippen molar-refractivity contribution in [3.05, 3.63) is 16.2 Å². The fourth-order valence-electron chi connectivity index (χ4n) is 2.05. The zero-order chi connectivity index (χ0) is 12.5.